The fourth-order valence-corrected chi connectivity index (χ4v) is 5.84. The van der Waals surface area contributed by atoms with E-state index in [1.54, 1.807) is 0 Å². The van der Waals surface area contributed by atoms with Gasteiger partial charge in [0.2, 0.25) is 0 Å². The Balaban J connectivity index is 1.28. The summed E-state index contributed by atoms with van der Waals surface area (Å²) in [6.07, 6.45) is 3.09. The van der Waals surface area contributed by atoms with Gasteiger partial charge in [0.1, 0.15) is 10.7 Å². The van der Waals surface area contributed by atoms with E-state index in [0.29, 0.717) is 25.1 Å². The molecule has 1 saturated heterocycles. The summed E-state index contributed by atoms with van der Waals surface area (Å²) in [5.41, 5.74) is 3.14. The summed E-state index contributed by atoms with van der Waals surface area (Å²) in [6.45, 7) is 2.96. The second-order valence-electron chi connectivity index (χ2n) is 8.59. The summed E-state index contributed by atoms with van der Waals surface area (Å²) in [6, 6.07) is 16.6. The van der Waals surface area contributed by atoms with Gasteiger partial charge in [-0.25, -0.2) is 4.98 Å². The SMILES string of the molecule is O=c1[nH]c(CN2CCCC2c2ccc3c(c2)OCCCO3)nc2scc(-c3ccccc3)c12. The largest absolute Gasteiger partial charge is 0.490 e. The molecule has 0 aliphatic carbocycles. The van der Waals surface area contributed by atoms with E-state index in [1.165, 1.54) is 16.9 Å². The van der Waals surface area contributed by atoms with Gasteiger partial charge in [-0.3, -0.25) is 9.69 Å². The van der Waals surface area contributed by atoms with Gasteiger partial charge in [-0.15, -0.1) is 11.3 Å². The first kappa shape index (κ1) is 20.4. The first-order valence-electron chi connectivity index (χ1n) is 11.5. The second kappa shape index (κ2) is 8.65. The highest BCUT2D eigenvalue weighted by Crippen LogP contribution is 2.38. The molecule has 2 aromatic carbocycles. The summed E-state index contributed by atoms with van der Waals surface area (Å²) in [4.78, 5) is 24.1. The molecular weight excluding hydrogens is 434 g/mol. The van der Waals surface area contributed by atoms with Crippen LogP contribution in [0.5, 0.6) is 11.5 Å². The van der Waals surface area contributed by atoms with Crippen LogP contribution in [-0.2, 0) is 6.54 Å². The predicted molar refractivity (Wildman–Crippen MR) is 130 cm³/mol. The molecule has 4 aromatic rings. The minimum Gasteiger partial charge on any atom is -0.490 e. The average Bonchev–Trinajstić information content (AvgIpc) is 3.40. The van der Waals surface area contributed by atoms with Crippen molar-refractivity contribution in [2.24, 2.45) is 0 Å². The Kier molecular flexibility index (Phi) is 5.36. The van der Waals surface area contributed by atoms with Gasteiger partial charge in [0.15, 0.2) is 11.5 Å². The Bertz CT molecular complexity index is 1350. The first-order valence-corrected chi connectivity index (χ1v) is 12.3. The highest BCUT2D eigenvalue weighted by Gasteiger charge is 2.28. The van der Waals surface area contributed by atoms with Crippen molar-refractivity contribution >= 4 is 21.6 Å². The van der Waals surface area contributed by atoms with E-state index < -0.39 is 0 Å². The van der Waals surface area contributed by atoms with Crippen LogP contribution in [0.25, 0.3) is 21.3 Å². The molecule has 1 fully saturated rings. The molecule has 2 aromatic heterocycles. The zero-order chi connectivity index (χ0) is 22.2. The zero-order valence-corrected chi connectivity index (χ0v) is 19.1. The van der Waals surface area contributed by atoms with Gasteiger partial charge in [0.05, 0.1) is 25.1 Å². The summed E-state index contributed by atoms with van der Waals surface area (Å²) in [7, 11) is 0. The molecule has 0 radical (unpaired) electrons. The third-order valence-electron chi connectivity index (χ3n) is 6.45. The molecule has 168 valence electrons. The topological polar surface area (TPSA) is 67.5 Å². The number of thiophene rings is 1. The molecule has 33 heavy (non-hydrogen) atoms. The Morgan fingerprint density at radius 2 is 1.91 bits per heavy atom. The Morgan fingerprint density at radius 1 is 1.06 bits per heavy atom. The molecule has 6 rings (SSSR count). The van der Waals surface area contributed by atoms with Crippen LogP contribution in [0.2, 0.25) is 0 Å². The Hall–Kier alpha value is -3.16. The quantitative estimate of drug-likeness (QED) is 0.457. The number of nitrogens with zero attached hydrogens (tertiary/aromatic N) is 2. The number of hydrogen-bond acceptors (Lipinski definition) is 6. The van der Waals surface area contributed by atoms with Crippen LogP contribution in [0, 0.1) is 0 Å². The van der Waals surface area contributed by atoms with Gasteiger partial charge in [0.25, 0.3) is 5.56 Å². The number of benzene rings is 2. The third-order valence-corrected chi connectivity index (χ3v) is 7.32. The molecule has 0 spiro atoms. The third kappa shape index (κ3) is 3.92. The van der Waals surface area contributed by atoms with Crippen molar-refractivity contribution in [2.75, 3.05) is 19.8 Å². The van der Waals surface area contributed by atoms with Gasteiger partial charge in [-0.1, -0.05) is 36.4 Å². The van der Waals surface area contributed by atoms with Crippen molar-refractivity contribution in [3.05, 3.63) is 75.7 Å². The van der Waals surface area contributed by atoms with Crippen LogP contribution in [0.3, 0.4) is 0 Å². The number of hydrogen-bond donors (Lipinski definition) is 1. The summed E-state index contributed by atoms with van der Waals surface area (Å²) >= 11 is 1.53. The van der Waals surface area contributed by atoms with E-state index in [0.717, 1.165) is 59.1 Å². The van der Waals surface area contributed by atoms with E-state index in [-0.39, 0.29) is 11.6 Å². The normalized spacial score (nSPS) is 18.5. The predicted octanol–water partition coefficient (Wildman–Crippen LogP) is 5.15. The monoisotopic (exact) mass is 459 g/mol. The highest BCUT2D eigenvalue weighted by atomic mass is 32.1. The number of fused-ring (bicyclic) bond motifs is 2. The number of likely N-dealkylation sites (tertiary alicyclic amines) is 1. The number of aromatic amines is 1. The number of rotatable bonds is 4. The van der Waals surface area contributed by atoms with E-state index >= 15 is 0 Å². The summed E-state index contributed by atoms with van der Waals surface area (Å²) in [5.74, 6) is 2.37. The molecule has 1 N–H and O–H groups in total. The fraction of sp³-hybridized carbons (Fsp3) is 0.308. The van der Waals surface area contributed by atoms with Gasteiger partial charge in [-0.05, 0) is 42.6 Å². The van der Waals surface area contributed by atoms with Crippen LogP contribution in [-0.4, -0.2) is 34.6 Å². The average molecular weight is 460 g/mol. The molecule has 2 aliphatic heterocycles. The summed E-state index contributed by atoms with van der Waals surface area (Å²) < 4.78 is 11.7. The molecule has 0 bridgehead atoms. The Morgan fingerprint density at radius 3 is 2.79 bits per heavy atom. The lowest BCUT2D eigenvalue weighted by Crippen LogP contribution is -2.25. The second-order valence-corrected chi connectivity index (χ2v) is 9.45. The standard InChI is InChI=1S/C26H25N3O3S/c30-25-24-19(17-6-2-1-3-7-17)16-33-26(24)28-23(27-25)15-29-11-4-8-20(29)18-9-10-21-22(14-18)32-13-5-12-31-21/h1-3,6-7,9-10,14,16,20H,4-5,8,11-13,15H2,(H,27,28,30). The van der Waals surface area contributed by atoms with Crippen molar-refractivity contribution in [1.82, 2.24) is 14.9 Å². The van der Waals surface area contributed by atoms with Crippen molar-refractivity contribution in [2.45, 2.75) is 31.8 Å². The minimum atomic E-state index is -0.0681. The number of nitrogens with one attached hydrogen (secondary N) is 1. The lowest BCUT2D eigenvalue weighted by Gasteiger charge is -2.25. The number of H-pyrrole nitrogens is 1. The van der Waals surface area contributed by atoms with Crippen LogP contribution < -0.4 is 15.0 Å². The maximum Gasteiger partial charge on any atom is 0.260 e. The van der Waals surface area contributed by atoms with Crippen molar-refractivity contribution in [1.29, 1.82) is 0 Å². The molecule has 2 aliphatic rings. The van der Waals surface area contributed by atoms with E-state index in [9.17, 15) is 4.79 Å². The highest BCUT2D eigenvalue weighted by molar-refractivity contribution is 7.17. The molecular formula is C26H25N3O3S. The van der Waals surface area contributed by atoms with Crippen LogP contribution in [0.15, 0.2) is 58.7 Å². The van der Waals surface area contributed by atoms with E-state index in [4.69, 9.17) is 14.5 Å². The molecule has 0 saturated carbocycles. The molecule has 6 nitrogen and oxygen atoms in total. The zero-order valence-electron chi connectivity index (χ0n) is 18.3. The lowest BCUT2D eigenvalue weighted by molar-refractivity contribution is 0.241. The van der Waals surface area contributed by atoms with Crippen molar-refractivity contribution in [3.8, 4) is 22.6 Å². The number of ether oxygens (including phenoxy) is 2. The van der Waals surface area contributed by atoms with Crippen molar-refractivity contribution in [3.63, 3.8) is 0 Å². The first-order chi connectivity index (χ1) is 16.3. The van der Waals surface area contributed by atoms with Gasteiger partial charge in [0, 0.05) is 23.4 Å². The van der Waals surface area contributed by atoms with Crippen molar-refractivity contribution < 1.29 is 9.47 Å². The molecule has 0 amide bonds. The molecule has 1 unspecified atom stereocenters. The van der Waals surface area contributed by atoms with Crippen LogP contribution in [0.1, 0.15) is 36.7 Å². The molecule has 1 atom stereocenters. The van der Waals surface area contributed by atoms with Crippen LogP contribution in [0.4, 0.5) is 0 Å². The van der Waals surface area contributed by atoms with Crippen LogP contribution >= 0.6 is 11.3 Å². The maximum atomic E-state index is 13.0. The van der Waals surface area contributed by atoms with E-state index in [1.807, 2.05) is 41.8 Å². The van der Waals surface area contributed by atoms with E-state index in [2.05, 4.69) is 22.0 Å². The number of aromatic nitrogens is 2. The maximum absolute atomic E-state index is 13.0. The molecule has 4 heterocycles. The minimum absolute atomic E-state index is 0.0681. The molecule has 7 heteroatoms. The van der Waals surface area contributed by atoms with Gasteiger partial charge in [-0.2, -0.15) is 0 Å². The fourth-order valence-electron chi connectivity index (χ4n) is 4.87. The lowest BCUT2D eigenvalue weighted by atomic mass is 10.0. The Labute approximate surface area is 195 Å². The van der Waals surface area contributed by atoms with Gasteiger partial charge < -0.3 is 14.5 Å². The summed E-state index contributed by atoms with van der Waals surface area (Å²) in [5, 5.41) is 2.71. The smallest absolute Gasteiger partial charge is 0.260 e. The van der Waals surface area contributed by atoms with Gasteiger partial charge >= 0.3 is 0 Å².